The van der Waals surface area contributed by atoms with Gasteiger partial charge in [0.1, 0.15) is 12.4 Å². The SMILES string of the molecule is COCCOc1ccc(C(F)(F)F)cc1NC(=O)c1n[nH]c2c1CNCC2.Cl. The van der Waals surface area contributed by atoms with E-state index < -0.39 is 17.6 Å². The molecule has 0 bridgehead atoms. The minimum absolute atomic E-state index is 0. The minimum Gasteiger partial charge on any atom is -0.489 e. The number of anilines is 1. The van der Waals surface area contributed by atoms with Crippen LogP contribution in [0.5, 0.6) is 5.75 Å². The Balaban J connectivity index is 0.00000280. The lowest BCUT2D eigenvalue weighted by Gasteiger charge is -2.16. The van der Waals surface area contributed by atoms with Crippen LogP contribution in [0.15, 0.2) is 18.2 Å². The zero-order chi connectivity index (χ0) is 19.4. The third-order valence-corrected chi connectivity index (χ3v) is 4.12. The fourth-order valence-electron chi connectivity index (χ4n) is 2.76. The van der Waals surface area contributed by atoms with Crippen molar-refractivity contribution in [2.75, 3.05) is 32.2 Å². The highest BCUT2D eigenvalue weighted by molar-refractivity contribution is 6.04. The van der Waals surface area contributed by atoms with Gasteiger partial charge in [0.2, 0.25) is 0 Å². The van der Waals surface area contributed by atoms with E-state index in [9.17, 15) is 18.0 Å². The summed E-state index contributed by atoms with van der Waals surface area (Å²) in [7, 11) is 1.48. The number of aromatic nitrogens is 2. The number of halogens is 4. The largest absolute Gasteiger partial charge is 0.489 e. The van der Waals surface area contributed by atoms with Gasteiger partial charge < -0.3 is 20.1 Å². The van der Waals surface area contributed by atoms with Gasteiger partial charge in [0.15, 0.2) is 5.69 Å². The maximum atomic E-state index is 13.0. The Hall–Kier alpha value is -2.30. The minimum atomic E-state index is -4.54. The van der Waals surface area contributed by atoms with Gasteiger partial charge in [-0.2, -0.15) is 18.3 Å². The predicted molar refractivity (Wildman–Crippen MR) is 98.0 cm³/mol. The van der Waals surface area contributed by atoms with Crippen molar-refractivity contribution in [3.05, 3.63) is 40.7 Å². The molecular weight excluding hydrogens is 401 g/mol. The monoisotopic (exact) mass is 420 g/mol. The number of rotatable bonds is 6. The van der Waals surface area contributed by atoms with Gasteiger partial charge in [-0.15, -0.1) is 12.4 Å². The zero-order valence-electron chi connectivity index (χ0n) is 15.0. The number of hydrogen-bond acceptors (Lipinski definition) is 5. The fraction of sp³-hybridized carbons (Fsp3) is 0.412. The number of H-pyrrole nitrogens is 1. The molecule has 2 heterocycles. The number of alkyl halides is 3. The topological polar surface area (TPSA) is 88.3 Å². The Kier molecular flexibility index (Phi) is 7.28. The summed E-state index contributed by atoms with van der Waals surface area (Å²) in [6.07, 6.45) is -3.84. The Bertz CT molecular complexity index is 826. The van der Waals surface area contributed by atoms with Crippen molar-refractivity contribution in [1.29, 1.82) is 0 Å². The molecule has 1 amide bonds. The first-order valence-electron chi connectivity index (χ1n) is 8.31. The molecule has 0 saturated heterocycles. The summed E-state index contributed by atoms with van der Waals surface area (Å²) >= 11 is 0. The third kappa shape index (κ3) is 4.94. The van der Waals surface area contributed by atoms with E-state index in [1.807, 2.05) is 0 Å². The number of fused-ring (bicyclic) bond motifs is 1. The molecule has 0 spiro atoms. The van der Waals surface area contributed by atoms with Crippen molar-refractivity contribution in [3.8, 4) is 5.75 Å². The number of benzene rings is 1. The Labute approximate surface area is 165 Å². The highest BCUT2D eigenvalue weighted by Crippen LogP contribution is 2.35. The highest BCUT2D eigenvalue weighted by Gasteiger charge is 2.32. The maximum absolute atomic E-state index is 13.0. The van der Waals surface area contributed by atoms with E-state index in [0.29, 0.717) is 18.5 Å². The summed E-state index contributed by atoms with van der Waals surface area (Å²) in [5.41, 5.74) is 0.749. The van der Waals surface area contributed by atoms with E-state index in [-0.39, 0.29) is 42.8 Å². The summed E-state index contributed by atoms with van der Waals surface area (Å²) in [5, 5.41) is 12.4. The van der Waals surface area contributed by atoms with Crippen LogP contribution in [-0.2, 0) is 23.9 Å². The summed E-state index contributed by atoms with van der Waals surface area (Å²) in [6.45, 7) is 1.62. The number of ether oxygens (including phenoxy) is 2. The Morgan fingerprint density at radius 1 is 1.32 bits per heavy atom. The average molecular weight is 421 g/mol. The van der Waals surface area contributed by atoms with Crippen LogP contribution in [0.4, 0.5) is 18.9 Å². The fourth-order valence-corrected chi connectivity index (χ4v) is 2.76. The smallest absolute Gasteiger partial charge is 0.416 e. The predicted octanol–water partition coefficient (Wildman–Crippen LogP) is 2.77. The van der Waals surface area contributed by atoms with Crippen LogP contribution >= 0.6 is 12.4 Å². The molecule has 154 valence electrons. The van der Waals surface area contributed by atoms with E-state index in [2.05, 4.69) is 20.8 Å². The summed E-state index contributed by atoms with van der Waals surface area (Å²) in [6, 6.07) is 2.92. The molecule has 1 aromatic carbocycles. The zero-order valence-corrected chi connectivity index (χ0v) is 15.8. The number of amides is 1. The molecule has 11 heteroatoms. The lowest BCUT2D eigenvalue weighted by atomic mass is 10.1. The van der Waals surface area contributed by atoms with Gasteiger partial charge in [-0.25, -0.2) is 0 Å². The first-order chi connectivity index (χ1) is 12.9. The van der Waals surface area contributed by atoms with Crippen molar-refractivity contribution in [3.63, 3.8) is 0 Å². The molecule has 28 heavy (non-hydrogen) atoms. The van der Waals surface area contributed by atoms with Crippen LogP contribution in [0.2, 0.25) is 0 Å². The molecule has 0 fully saturated rings. The van der Waals surface area contributed by atoms with Gasteiger partial charge in [0, 0.05) is 37.9 Å². The Morgan fingerprint density at radius 2 is 2.11 bits per heavy atom. The second-order valence-corrected chi connectivity index (χ2v) is 5.96. The molecule has 0 unspecified atom stereocenters. The van der Waals surface area contributed by atoms with E-state index >= 15 is 0 Å². The van der Waals surface area contributed by atoms with E-state index in [1.54, 1.807) is 0 Å². The van der Waals surface area contributed by atoms with Gasteiger partial charge in [0.05, 0.1) is 17.9 Å². The number of hydrogen-bond donors (Lipinski definition) is 3. The van der Waals surface area contributed by atoms with Crippen LogP contribution in [0.1, 0.15) is 27.3 Å². The number of nitrogens with zero attached hydrogens (tertiary/aromatic N) is 1. The number of nitrogens with one attached hydrogen (secondary N) is 3. The Morgan fingerprint density at radius 3 is 2.82 bits per heavy atom. The number of aromatic amines is 1. The molecule has 3 rings (SSSR count). The molecular formula is C17H20ClF3N4O3. The van der Waals surface area contributed by atoms with Gasteiger partial charge >= 0.3 is 6.18 Å². The first-order valence-corrected chi connectivity index (χ1v) is 8.31. The van der Waals surface area contributed by atoms with Crippen molar-refractivity contribution < 1.29 is 27.4 Å². The van der Waals surface area contributed by atoms with Crippen LogP contribution in [0.3, 0.4) is 0 Å². The normalized spacial score (nSPS) is 13.4. The second kappa shape index (κ2) is 9.26. The lowest BCUT2D eigenvalue weighted by Crippen LogP contribution is -2.25. The molecule has 0 saturated carbocycles. The molecule has 0 aliphatic carbocycles. The van der Waals surface area contributed by atoms with E-state index in [1.165, 1.54) is 13.2 Å². The molecule has 0 atom stereocenters. The molecule has 0 radical (unpaired) electrons. The number of carbonyl (C=O) groups is 1. The first kappa shape index (κ1) is 22.0. The lowest BCUT2D eigenvalue weighted by molar-refractivity contribution is -0.137. The van der Waals surface area contributed by atoms with Crippen molar-refractivity contribution in [2.24, 2.45) is 0 Å². The van der Waals surface area contributed by atoms with E-state index in [0.717, 1.165) is 24.4 Å². The number of carbonyl (C=O) groups excluding carboxylic acids is 1. The molecule has 1 aromatic heterocycles. The quantitative estimate of drug-likeness (QED) is 0.625. The van der Waals surface area contributed by atoms with Gasteiger partial charge in [-0.3, -0.25) is 9.89 Å². The van der Waals surface area contributed by atoms with Gasteiger partial charge in [-0.1, -0.05) is 0 Å². The molecule has 1 aliphatic rings. The molecule has 3 N–H and O–H groups in total. The van der Waals surface area contributed by atoms with Gasteiger partial charge in [-0.05, 0) is 18.2 Å². The second-order valence-electron chi connectivity index (χ2n) is 5.96. The van der Waals surface area contributed by atoms with Gasteiger partial charge in [0.25, 0.3) is 5.91 Å². The maximum Gasteiger partial charge on any atom is 0.416 e. The summed E-state index contributed by atoms with van der Waals surface area (Å²) < 4.78 is 49.4. The summed E-state index contributed by atoms with van der Waals surface area (Å²) in [5.74, 6) is -0.483. The summed E-state index contributed by atoms with van der Waals surface area (Å²) in [4.78, 5) is 12.6. The van der Waals surface area contributed by atoms with Crippen molar-refractivity contribution >= 4 is 24.0 Å². The highest BCUT2D eigenvalue weighted by atomic mass is 35.5. The molecule has 7 nitrogen and oxygen atoms in total. The van der Waals surface area contributed by atoms with Crippen LogP contribution in [0.25, 0.3) is 0 Å². The van der Waals surface area contributed by atoms with Crippen LogP contribution in [0, 0.1) is 0 Å². The van der Waals surface area contributed by atoms with E-state index in [4.69, 9.17) is 9.47 Å². The standard InChI is InChI=1S/C17H19F3N4O3.ClH/c1-26-6-7-27-14-3-2-10(17(18,19)20)8-13(14)22-16(25)15-11-9-21-5-4-12(11)23-24-15;/h2-3,8,21H,4-7,9H2,1H3,(H,22,25)(H,23,24);1H. The molecule has 2 aromatic rings. The van der Waals surface area contributed by atoms with Crippen molar-refractivity contribution in [2.45, 2.75) is 19.1 Å². The number of methoxy groups -OCH3 is 1. The van der Waals surface area contributed by atoms with Crippen molar-refractivity contribution in [1.82, 2.24) is 15.5 Å². The average Bonchev–Trinajstić information content (AvgIpc) is 3.06. The van der Waals surface area contributed by atoms with Crippen LogP contribution in [-0.4, -0.2) is 43.0 Å². The third-order valence-electron chi connectivity index (χ3n) is 4.12. The van der Waals surface area contributed by atoms with Crippen LogP contribution < -0.4 is 15.4 Å². The molecule has 1 aliphatic heterocycles.